The Morgan fingerprint density at radius 3 is 1.40 bits per heavy atom. The molecule has 0 spiro atoms. The molecule has 16 N–H and O–H groups in total. The summed E-state index contributed by atoms with van der Waals surface area (Å²) >= 11 is 19.1. The number of ether oxygens (including phenoxy) is 16. The smallest absolute Gasteiger partial charge is 0.394 e. The van der Waals surface area contributed by atoms with Crippen molar-refractivity contribution in [2.75, 3.05) is 225 Å². The molecule has 0 aromatic heterocycles. The summed E-state index contributed by atoms with van der Waals surface area (Å²) in [6, 6.07) is -1.78. The molecular formula is C58H117N2O39P4S4+. The topological polar surface area (TPSA) is 554 Å². The lowest BCUT2D eigenvalue weighted by Gasteiger charge is -2.42. The van der Waals surface area contributed by atoms with Crippen LogP contribution in [0, 0.1) is 5.41 Å². The summed E-state index contributed by atoms with van der Waals surface area (Å²) in [6.45, 7) is -8.70. The Hall–Kier alpha value is 0.190. The van der Waals surface area contributed by atoms with Gasteiger partial charge in [0.15, 0.2) is 18.9 Å². The minimum atomic E-state index is -3.93. The molecule has 0 aromatic rings. The highest BCUT2D eigenvalue weighted by atomic mass is 32.7. The second-order valence-corrected chi connectivity index (χ2v) is 35.0. The van der Waals surface area contributed by atoms with E-state index in [2.05, 4.69) is 34.7 Å². The van der Waals surface area contributed by atoms with Crippen molar-refractivity contribution in [3.05, 3.63) is 0 Å². The molecule has 2 aliphatic rings. The molecule has 0 aromatic carbocycles. The van der Waals surface area contributed by atoms with Crippen molar-refractivity contribution in [2.24, 2.45) is 5.41 Å². The summed E-state index contributed by atoms with van der Waals surface area (Å²) in [5.41, 5.74) is -1.04. The maximum absolute atomic E-state index is 11.7. The van der Waals surface area contributed by atoms with Gasteiger partial charge < -0.3 is 175 Å². The van der Waals surface area contributed by atoms with Gasteiger partial charge in [0, 0.05) is 46.7 Å². The fourth-order valence-corrected chi connectivity index (χ4v) is 13.4. The van der Waals surface area contributed by atoms with Crippen LogP contribution in [0.1, 0.15) is 52.9 Å². The summed E-state index contributed by atoms with van der Waals surface area (Å²) in [6.07, 6.45) is -12.0. The van der Waals surface area contributed by atoms with Crippen molar-refractivity contribution in [2.45, 2.75) is 133 Å². The highest BCUT2D eigenvalue weighted by molar-refractivity contribution is 8.47. The van der Waals surface area contributed by atoms with E-state index in [4.69, 9.17) is 131 Å². The van der Waals surface area contributed by atoms with Gasteiger partial charge in [-0.25, -0.2) is 0 Å². The quantitative estimate of drug-likeness (QED) is 0.0121. The molecule has 41 nitrogen and oxygen atoms in total. The van der Waals surface area contributed by atoms with Crippen molar-refractivity contribution >= 4 is 86.8 Å². The van der Waals surface area contributed by atoms with E-state index in [9.17, 15) is 80.0 Å². The van der Waals surface area contributed by atoms with Gasteiger partial charge >= 0.3 is 27.3 Å². The first-order valence-corrected chi connectivity index (χ1v) is 45.0. The molecule has 0 saturated carbocycles. The lowest BCUT2D eigenvalue weighted by Crippen LogP contribution is -2.64. The largest absolute Gasteiger partial charge is 0.475 e. The maximum atomic E-state index is 11.7. The Balaban J connectivity index is 1.92. The predicted molar refractivity (Wildman–Crippen MR) is 388 cm³/mol. The molecule has 107 heavy (non-hydrogen) atoms. The molecule has 0 aliphatic carbocycles. The lowest BCUT2D eigenvalue weighted by molar-refractivity contribution is -0.272. The first-order valence-electron chi connectivity index (χ1n) is 34.5. The summed E-state index contributed by atoms with van der Waals surface area (Å²) in [5, 5.41) is 93.2. The second kappa shape index (κ2) is 60.6. The number of rotatable bonds is 71. The van der Waals surface area contributed by atoms with Crippen molar-refractivity contribution in [1.82, 2.24) is 10.6 Å². The fraction of sp³-hybridized carbons (Fsp3) is 0.966. The third kappa shape index (κ3) is 51.1. The van der Waals surface area contributed by atoms with E-state index in [1.165, 1.54) is 13.8 Å². The Morgan fingerprint density at radius 1 is 0.523 bits per heavy atom. The Labute approximate surface area is 644 Å². The summed E-state index contributed by atoms with van der Waals surface area (Å²) in [7, 11) is -3.59. The van der Waals surface area contributed by atoms with Gasteiger partial charge in [-0.05, 0) is 68.0 Å². The predicted octanol–water partition coefficient (Wildman–Crippen LogP) is -3.54. The van der Waals surface area contributed by atoms with E-state index in [1.54, 1.807) is 6.92 Å². The highest BCUT2D eigenvalue weighted by Gasteiger charge is 2.46. The summed E-state index contributed by atoms with van der Waals surface area (Å²) in [4.78, 5) is 74.5. The van der Waals surface area contributed by atoms with Crippen molar-refractivity contribution < 1.29 is 187 Å². The van der Waals surface area contributed by atoms with Gasteiger partial charge in [-0.2, -0.15) is 13.9 Å². The standard InChI is InChI=1S/C58H116N2O39P4S4/c1-43(59-44(2)65)56(98-48(36-62)47(68)35-61)88-29-23-78-17-20-81-26-32-95-102(75,106)92-14-6-10-85-41-58(39-83-8-4-12-90-100(72,73)104,40-84-9-5-13-91-101(74,105)94-31-25-80-19-16-77-22-28-87-51-34-46(67)53(69)49(37-63)97-51)42-86-11-7-15-93-103(76,107)96-33-27-82-21-18-79-24-30-89-57-52(60-45(3)66)55(71)54(70)50(38-64)99-57/h43,46-57,61-64,67-71,74,105H,4-42H2,1-3H3,(H5-,59,60,65,66,72,73,75,76,104,106,107)/p+1/t43-,46+,47+,48?,49?,50?,51+,52?,53?,54?,55+,56?,57?,58?,101?,102?,103?/m0/s1. The monoisotopic (exact) mass is 1720 g/mol. The van der Waals surface area contributed by atoms with E-state index < -0.39 is 145 Å². The zero-order valence-corrected chi connectivity index (χ0v) is 67.4. The normalized spacial score (nSPS) is 23.5. The van der Waals surface area contributed by atoms with Crippen LogP contribution in [0.15, 0.2) is 0 Å². The van der Waals surface area contributed by atoms with Crippen LogP contribution in [0.2, 0.25) is 0 Å². The molecule has 2 aliphatic heterocycles. The SMILES string of the molecule is CC(=O)NC1C(OCCOCCOCCOP(O)(=S)OCCCOCC(COCCCOP(O)(O)=S)(COCCCOP(O)(=S)OCCOCCOCCOC(OC(CO)[C@H](O)CO)[C@H](C)NC(C)=O)COCCCO[P+](O)(S)OCCOCCOCCO[C@H]2C[C@@H](O)C(O)C(CO)O2)OC(CO)C(O)[C@@H]1O. The molecule has 12 unspecified atom stereocenters. The van der Waals surface area contributed by atoms with Crippen LogP contribution in [-0.4, -0.2) is 387 Å². The van der Waals surface area contributed by atoms with E-state index in [0.717, 1.165) is 0 Å². The summed E-state index contributed by atoms with van der Waals surface area (Å²) < 4.78 is 129. The molecule has 2 heterocycles. The maximum Gasteiger partial charge on any atom is 0.475 e. The van der Waals surface area contributed by atoms with Crippen molar-refractivity contribution in [1.29, 1.82) is 0 Å². The summed E-state index contributed by atoms with van der Waals surface area (Å²) in [5.74, 6) is -0.863. The first kappa shape index (κ1) is 103. The highest BCUT2D eigenvalue weighted by Crippen LogP contribution is 2.61. The van der Waals surface area contributed by atoms with E-state index in [1.807, 2.05) is 0 Å². The van der Waals surface area contributed by atoms with Crippen LogP contribution in [0.5, 0.6) is 0 Å². The Morgan fingerprint density at radius 2 is 0.944 bits per heavy atom. The van der Waals surface area contributed by atoms with Gasteiger partial charge in [-0.3, -0.25) is 9.59 Å². The number of aliphatic hydroxyl groups is 9. The lowest BCUT2D eigenvalue weighted by atomic mass is 9.92. The number of thiol groups is 1. The van der Waals surface area contributed by atoms with Gasteiger partial charge in [-0.1, -0.05) is 0 Å². The van der Waals surface area contributed by atoms with E-state index in [-0.39, 0.29) is 236 Å². The number of hydrogen-bond donors (Lipinski definition) is 17. The van der Waals surface area contributed by atoms with E-state index >= 15 is 0 Å². The third-order valence-corrected chi connectivity index (χ3v) is 20.3. The van der Waals surface area contributed by atoms with Crippen LogP contribution < -0.4 is 10.6 Å². The van der Waals surface area contributed by atoms with Gasteiger partial charge in [0.1, 0.15) is 62.0 Å². The van der Waals surface area contributed by atoms with Gasteiger partial charge in [0.05, 0.1) is 215 Å². The second-order valence-electron chi connectivity index (χ2n) is 23.6. The van der Waals surface area contributed by atoms with Gasteiger partial charge in [-0.15, -0.1) is 0 Å². The molecular weight excluding hydrogens is 1600 g/mol. The zero-order valence-electron chi connectivity index (χ0n) is 60.5. The van der Waals surface area contributed by atoms with Crippen LogP contribution in [0.3, 0.4) is 0 Å². The average Bonchev–Trinajstić information content (AvgIpc) is 0.810. The number of aliphatic hydroxyl groups excluding tert-OH is 9. The third-order valence-electron chi connectivity index (χ3n) is 14.4. The number of hydrogen-bond acceptors (Lipinski definition) is 39. The minimum Gasteiger partial charge on any atom is -0.394 e. The van der Waals surface area contributed by atoms with Crippen LogP contribution in [0.4, 0.5) is 0 Å². The number of carbonyl (C=O) groups excluding carboxylic acids is 2. The number of carbonyl (C=O) groups is 2. The molecule has 2 rings (SSSR count). The molecule has 49 heteroatoms. The minimum absolute atomic E-state index is 0.00779. The molecule has 2 fully saturated rings. The average molecular weight is 1720 g/mol. The van der Waals surface area contributed by atoms with Crippen LogP contribution in [0.25, 0.3) is 0 Å². The molecule has 17 atom stereocenters. The van der Waals surface area contributed by atoms with Crippen LogP contribution in [-0.2, 0) is 152 Å². The van der Waals surface area contributed by atoms with Gasteiger partial charge in [0.25, 0.3) is 0 Å². The van der Waals surface area contributed by atoms with Crippen molar-refractivity contribution in [3.63, 3.8) is 0 Å². The number of nitrogens with one attached hydrogen (secondary N) is 2. The van der Waals surface area contributed by atoms with Gasteiger partial charge in [0.2, 0.25) is 11.8 Å². The number of amides is 2. The van der Waals surface area contributed by atoms with E-state index in [0.29, 0.717) is 0 Å². The zero-order chi connectivity index (χ0) is 79.4. The molecule has 2 amide bonds. The molecule has 0 bridgehead atoms. The molecule has 0 radical (unpaired) electrons. The van der Waals surface area contributed by atoms with Crippen LogP contribution >= 0.6 is 39.5 Å². The Kier molecular flexibility index (Phi) is 58.5. The molecule has 636 valence electrons. The van der Waals surface area contributed by atoms with Crippen molar-refractivity contribution in [3.8, 4) is 0 Å². The first-order chi connectivity index (χ1) is 50.9. The Bertz CT molecular complexity index is 2410. The fourth-order valence-electron chi connectivity index (χ4n) is 9.20. The molecule has 2 saturated heterocycles.